The quantitative estimate of drug-likeness (QED) is 0.145. The molecule has 1 amide bonds. The standard InChI is InChI=1S/C36H36N2O5/c1-42-36(41)33(37-32-15-9-8-14-31(32)34(39)28-10-4-2-5-11-28)24-26-18-20-30(21-19-26)43-23-22-38(25-27-16-17-27)35(40)29-12-6-3-7-13-29/h2-15,18-21,27,33,37H,16-17,22-25H2,1H3/t33-/m0/s1. The maximum absolute atomic E-state index is 13.2. The van der Waals surface area contributed by atoms with Crippen LogP contribution in [0.2, 0.25) is 0 Å². The Morgan fingerprint density at radius 1 is 0.814 bits per heavy atom. The van der Waals surface area contributed by atoms with E-state index in [1.165, 1.54) is 7.11 Å². The van der Waals surface area contributed by atoms with Crippen LogP contribution in [-0.4, -0.2) is 55.4 Å². The van der Waals surface area contributed by atoms with Crippen molar-refractivity contribution >= 4 is 23.3 Å². The second-order valence-electron chi connectivity index (χ2n) is 10.7. The van der Waals surface area contributed by atoms with Crippen molar-refractivity contribution in [3.63, 3.8) is 0 Å². The molecule has 0 bridgehead atoms. The Morgan fingerprint density at radius 2 is 1.44 bits per heavy atom. The molecule has 4 aromatic carbocycles. The van der Waals surface area contributed by atoms with Gasteiger partial charge in [0.2, 0.25) is 0 Å². The summed E-state index contributed by atoms with van der Waals surface area (Å²) < 4.78 is 11.1. The van der Waals surface area contributed by atoms with Gasteiger partial charge in [-0.05, 0) is 60.7 Å². The van der Waals surface area contributed by atoms with Crippen LogP contribution in [0, 0.1) is 5.92 Å². The first-order valence-corrected chi connectivity index (χ1v) is 14.6. The van der Waals surface area contributed by atoms with Crippen molar-refractivity contribution in [1.82, 2.24) is 4.90 Å². The number of carbonyl (C=O) groups excluding carboxylic acids is 3. The van der Waals surface area contributed by atoms with E-state index < -0.39 is 12.0 Å². The van der Waals surface area contributed by atoms with Gasteiger partial charge in [-0.3, -0.25) is 9.59 Å². The average molecular weight is 577 g/mol. The SMILES string of the molecule is COC(=O)[C@H](Cc1ccc(OCCN(CC2CC2)C(=O)c2ccccc2)cc1)Nc1ccccc1C(=O)c1ccccc1. The first kappa shape index (κ1) is 29.6. The van der Waals surface area contributed by atoms with Crippen LogP contribution in [0.15, 0.2) is 109 Å². The third kappa shape index (κ3) is 8.10. The van der Waals surface area contributed by atoms with Crippen LogP contribution >= 0.6 is 0 Å². The first-order chi connectivity index (χ1) is 21.0. The van der Waals surface area contributed by atoms with E-state index in [1.54, 1.807) is 30.3 Å². The van der Waals surface area contributed by atoms with Gasteiger partial charge in [0, 0.05) is 35.3 Å². The molecule has 7 heteroatoms. The molecule has 0 spiro atoms. The van der Waals surface area contributed by atoms with E-state index in [0.717, 1.165) is 24.9 Å². The minimum Gasteiger partial charge on any atom is -0.492 e. The topological polar surface area (TPSA) is 84.9 Å². The minimum absolute atomic E-state index is 0.0276. The third-order valence-corrected chi connectivity index (χ3v) is 7.50. The highest BCUT2D eigenvalue weighted by atomic mass is 16.5. The zero-order valence-corrected chi connectivity index (χ0v) is 24.3. The van der Waals surface area contributed by atoms with E-state index >= 15 is 0 Å². The van der Waals surface area contributed by atoms with Crippen molar-refractivity contribution in [2.24, 2.45) is 5.92 Å². The molecule has 0 aromatic heterocycles. The highest BCUT2D eigenvalue weighted by Gasteiger charge is 2.27. The van der Waals surface area contributed by atoms with Gasteiger partial charge in [0.1, 0.15) is 18.4 Å². The number of rotatable bonds is 14. The smallest absolute Gasteiger partial charge is 0.328 e. The monoisotopic (exact) mass is 576 g/mol. The van der Waals surface area contributed by atoms with Crippen molar-refractivity contribution < 1.29 is 23.9 Å². The number of ether oxygens (including phenoxy) is 2. The minimum atomic E-state index is -0.707. The third-order valence-electron chi connectivity index (χ3n) is 7.50. The van der Waals surface area contributed by atoms with Gasteiger partial charge in [0.25, 0.3) is 5.91 Å². The van der Waals surface area contributed by atoms with Gasteiger partial charge >= 0.3 is 5.97 Å². The summed E-state index contributed by atoms with van der Waals surface area (Å²) in [5.41, 5.74) is 3.20. The molecular formula is C36H36N2O5. The van der Waals surface area contributed by atoms with E-state index in [0.29, 0.717) is 53.6 Å². The largest absolute Gasteiger partial charge is 0.492 e. The van der Waals surface area contributed by atoms with Gasteiger partial charge in [-0.2, -0.15) is 0 Å². The zero-order chi connectivity index (χ0) is 30.0. The van der Waals surface area contributed by atoms with Crippen LogP contribution in [0.1, 0.15) is 44.7 Å². The van der Waals surface area contributed by atoms with Crippen molar-refractivity contribution in [1.29, 1.82) is 0 Å². The van der Waals surface area contributed by atoms with Crippen LogP contribution in [-0.2, 0) is 16.0 Å². The molecule has 0 unspecified atom stereocenters. The van der Waals surface area contributed by atoms with Gasteiger partial charge in [-0.25, -0.2) is 4.79 Å². The van der Waals surface area contributed by atoms with E-state index in [1.807, 2.05) is 83.8 Å². The Bertz CT molecular complexity index is 1520. The zero-order valence-electron chi connectivity index (χ0n) is 24.3. The Morgan fingerprint density at radius 3 is 2.09 bits per heavy atom. The summed E-state index contributed by atoms with van der Waals surface area (Å²) in [5, 5.41) is 3.24. The summed E-state index contributed by atoms with van der Waals surface area (Å²) in [6.45, 7) is 1.63. The van der Waals surface area contributed by atoms with Gasteiger partial charge < -0.3 is 19.7 Å². The number of esters is 1. The van der Waals surface area contributed by atoms with Crippen LogP contribution < -0.4 is 10.1 Å². The van der Waals surface area contributed by atoms with Crippen molar-refractivity contribution in [2.75, 3.05) is 32.1 Å². The number of methoxy groups -OCH3 is 1. The van der Waals surface area contributed by atoms with Crippen LogP contribution in [0.3, 0.4) is 0 Å². The number of amides is 1. The summed E-state index contributed by atoms with van der Waals surface area (Å²) in [7, 11) is 1.35. The molecule has 0 heterocycles. The lowest BCUT2D eigenvalue weighted by Gasteiger charge is -2.23. The van der Waals surface area contributed by atoms with Gasteiger partial charge in [-0.1, -0.05) is 72.8 Å². The lowest BCUT2D eigenvalue weighted by atomic mass is 10.00. The van der Waals surface area contributed by atoms with Crippen LogP contribution in [0.25, 0.3) is 0 Å². The summed E-state index contributed by atoms with van der Waals surface area (Å²) >= 11 is 0. The lowest BCUT2D eigenvalue weighted by Crippen LogP contribution is -2.36. The number of hydrogen-bond acceptors (Lipinski definition) is 6. The summed E-state index contributed by atoms with van der Waals surface area (Å²) in [6.07, 6.45) is 2.68. The molecule has 0 saturated heterocycles. The Balaban J connectivity index is 1.20. The van der Waals surface area contributed by atoms with Gasteiger partial charge in [0.05, 0.1) is 13.7 Å². The molecule has 1 aliphatic rings. The lowest BCUT2D eigenvalue weighted by molar-refractivity contribution is -0.141. The highest BCUT2D eigenvalue weighted by Crippen LogP contribution is 2.30. The van der Waals surface area contributed by atoms with E-state index in [9.17, 15) is 14.4 Å². The molecule has 43 heavy (non-hydrogen) atoms. The molecule has 1 aliphatic carbocycles. The van der Waals surface area contributed by atoms with Crippen molar-refractivity contribution in [3.05, 3.63) is 131 Å². The predicted octanol–water partition coefficient (Wildman–Crippen LogP) is 6.05. The number of nitrogens with zero attached hydrogens (tertiary/aromatic N) is 1. The summed E-state index contributed by atoms with van der Waals surface area (Å²) in [6, 6.07) is 32.4. The van der Waals surface area contributed by atoms with E-state index in [-0.39, 0.29) is 11.7 Å². The molecule has 5 rings (SSSR count). The van der Waals surface area contributed by atoms with Gasteiger partial charge in [0.15, 0.2) is 5.78 Å². The molecular weight excluding hydrogens is 540 g/mol. The molecule has 1 fully saturated rings. The fourth-order valence-corrected chi connectivity index (χ4v) is 4.96. The molecule has 7 nitrogen and oxygen atoms in total. The summed E-state index contributed by atoms with van der Waals surface area (Å²) in [4.78, 5) is 40.9. The number of anilines is 1. The maximum Gasteiger partial charge on any atom is 0.328 e. The fourth-order valence-electron chi connectivity index (χ4n) is 4.96. The molecule has 4 aromatic rings. The number of carbonyl (C=O) groups is 3. The molecule has 1 N–H and O–H groups in total. The maximum atomic E-state index is 13.2. The molecule has 1 atom stereocenters. The van der Waals surface area contributed by atoms with Crippen LogP contribution in [0.4, 0.5) is 5.69 Å². The Kier molecular flexibility index (Phi) is 9.85. The molecule has 220 valence electrons. The Hall–Kier alpha value is -4.91. The van der Waals surface area contributed by atoms with Gasteiger partial charge in [-0.15, -0.1) is 0 Å². The number of para-hydroxylation sites is 1. The van der Waals surface area contributed by atoms with Crippen molar-refractivity contribution in [3.8, 4) is 5.75 Å². The molecule has 1 saturated carbocycles. The van der Waals surface area contributed by atoms with E-state index in [4.69, 9.17) is 9.47 Å². The average Bonchev–Trinajstić information content (AvgIpc) is 3.89. The Labute approximate surface area is 252 Å². The van der Waals surface area contributed by atoms with Crippen LogP contribution in [0.5, 0.6) is 5.75 Å². The van der Waals surface area contributed by atoms with E-state index in [2.05, 4.69) is 5.32 Å². The number of ketones is 1. The normalized spacial score (nSPS) is 13.0. The first-order valence-electron chi connectivity index (χ1n) is 14.6. The molecule has 0 aliphatic heterocycles. The number of hydrogen-bond donors (Lipinski definition) is 1. The number of nitrogens with one attached hydrogen (secondary N) is 1. The van der Waals surface area contributed by atoms with Crippen molar-refractivity contribution in [2.45, 2.75) is 25.3 Å². The second kappa shape index (κ2) is 14.3. The molecule has 0 radical (unpaired) electrons. The number of benzene rings is 4. The summed E-state index contributed by atoms with van der Waals surface area (Å²) in [5.74, 6) is 0.728. The predicted molar refractivity (Wildman–Crippen MR) is 166 cm³/mol. The fraction of sp³-hybridized carbons (Fsp3) is 0.250. The second-order valence-corrected chi connectivity index (χ2v) is 10.7. The highest BCUT2D eigenvalue weighted by molar-refractivity contribution is 6.12.